The minimum atomic E-state index is 0.528. The van der Waals surface area contributed by atoms with E-state index in [4.69, 9.17) is 18.9 Å². The van der Waals surface area contributed by atoms with E-state index in [2.05, 4.69) is 49.4 Å². The normalized spacial score (nSPS) is 10.9. The minimum Gasteiger partial charge on any atom is -0.493 e. The van der Waals surface area contributed by atoms with Crippen LogP contribution in [0, 0.1) is 6.92 Å². The summed E-state index contributed by atoms with van der Waals surface area (Å²) in [6, 6.07) is 35.0. The number of hydrogen-bond acceptors (Lipinski definition) is 4. The molecule has 0 aliphatic carbocycles. The third kappa shape index (κ3) is 6.97. The molecule has 4 heteroatoms. The van der Waals surface area contributed by atoms with Gasteiger partial charge in [-0.05, 0) is 72.4 Å². The Hall–Kier alpha value is -4.31. The quantitative estimate of drug-likeness (QED) is 0.166. The highest BCUT2D eigenvalue weighted by Crippen LogP contribution is 2.29. The summed E-state index contributed by atoms with van der Waals surface area (Å²) < 4.78 is 18.4. The lowest BCUT2D eigenvalue weighted by atomic mass is 10.0. The fraction of sp³-hybridized carbons (Fsp3) is 0.229. The van der Waals surface area contributed by atoms with Crippen LogP contribution >= 0.6 is 0 Å². The Bertz CT molecular complexity index is 1470. The van der Waals surface area contributed by atoms with E-state index in [1.165, 1.54) is 11.1 Å². The summed E-state index contributed by atoms with van der Waals surface area (Å²) >= 11 is 0. The molecule has 39 heavy (non-hydrogen) atoms. The zero-order valence-electron chi connectivity index (χ0n) is 22.7. The van der Waals surface area contributed by atoms with E-state index in [1.807, 2.05) is 67.6 Å². The van der Waals surface area contributed by atoms with Crippen molar-refractivity contribution in [1.82, 2.24) is 4.98 Å². The molecule has 0 aliphatic heterocycles. The van der Waals surface area contributed by atoms with Crippen LogP contribution in [0.3, 0.4) is 0 Å². The number of rotatable bonds is 12. The van der Waals surface area contributed by atoms with E-state index in [0.29, 0.717) is 25.5 Å². The van der Waals surface area contributed by atoms with Gasteiger partial charge in [-0.25, -0.2) is 4.98 Å². The minimum absolute atomic E-state index is 0.528. The standard InChI is InChI=1S/C35H35NO3/c1-3-4-14-30-24-32(38-25-27-12-7-5-8-13-27)19-20-34(30)37-22-21-33-26(2)39-35(36-33)31-18-11-17-29(23-31)28-15-9-6-10-16-28/h5-13,15-20,23-24H,3-4,14,21-22,25H2,1-2H3. The number of aryl methyl sites for hydroxylation is 2. The van der Waals surface area contributed by atoms with Crippen LogP contribution in [0.15, 0.2) is 108 Å². The molecule has 0 radical (unpaired) electrons. The number of oxazole rings is 1. The highest BCUT2D eigenvalue weighted by atomic mass is 16.5. The van der Waals surface area contributed by atoms with Gasteiger partial charge in [0.2, 0.25) is 5.89 Å². The molecule has 0 aliphatic rings. The Morgan fingerprint density at radius 1 is 0.718 bits per heavy atom. The van der Waals surface area contributed by atoms with Crippen LogP contribution in [0.2, 0.25) is 0 Å². The first-order valence-electron chi connectivity index (χ1n) is 13.7. The van der Waals surface area contributed by atoms with Gasteiger partial charge in [0.15, 0.2) is 0 Å². The van der Waals surface area contributed by atoms with Crippen LogP contribution in [-0.4, -0.2) is 11.6 Å². The van der Waals surface area contributed by atoms with Crippen LogP contribution in [0.25, 0.3) is 22.6 Å². The fourth-order valence-electron chi connectivity index (χ4n) is 4.59. The molecule has 0 saturated heterocycles. The van der Waals surface area contributed by atoms with Crippen molar-refractivity contribution in [2.45, 2.75) is 46.1 Å². The van der Waals surface area contributed by atoms with Gasteiger partial charge >= 0.3 is 0 Å². The summed E-state index contributed by atoms with van der Waals surface area (Å²) in [5, 5.41) is 0. The van der Waals surface area contributed by atoms with Crippen LogP contribution in [0.4, 0.5) is 0 Å². The van der Waals surface area contributed by atoms with E-state index < -0.39 is 0 Å². The Balaban J connectivity index is 1.24. The lowest BCUT2D eigenvalue weighted by Gasteiger charge is -2.14. The first-order valence-corrected chi connectivity index (χ1v) is 13.7. The third-order valence-electron chi connectivity index (χ3n) is 6.79. The maximum atomic E-state index is 6.27. The van der Waals surface area contributed by atoms with Crippen molar-refractivity contribution in [2.24, 2.45) is 0 Å². The Morgan fingerprint density at radius 3 is 2.26 bits per heavy atom. The summed E-state index contributed by atoms with van der Waals surface area (Å²) in [6.07, 6.45) is 3.86. The molecule has 0 spiro atoms. The highest BCUT2D eigenvalue weighted by molar-refractivity contribution is 5.69. The molecule has 5 aromatic rings. The van der Waals surface area contributed by atoms with Crippen molar-refractivity contribution in [3.05, 3.63) is 126 Å². The molecule has 0 unspecified atom stereocenters. The van der Waals surface area contributed by atoms with E-state index in [0.717, 1.165) is 58.9 Å². The molecule has 1 aromatic heterocycles. The van der Waals surface area contributed by atoms with Crippen molar-refractivity contribution in [2.75, 3.05) is 6.61 Å². The number of benzene rings is 4. The molecule has 4 aromatic carbocycles. The number of aromatic nitrogens is 1. The second kappa shape index (κ2) is 13.0. The van der Waals surface area contributed by atoms with Crippen molar-refractivity contribution in [3.63, 3.8) is 0 Å². The first kappa shape index (κ1) is 26.3. The van der Waals surface area contributed by atoms with E-state index in [-0.39, 0.29) is 0 Å². The third-order valence-corrected chi connectivity index (χ3v) is 6.79. The van der Waals surface area contributed by atoms with Gasteiger partial charge in [-0.15, -0.1) is 0 Å². The SMILES string of the molecule is CCCCc1cc(OCc2ccccc2)ccc1OCCc1nc(-c2cccc(-c3ccccc3)c2)oc1C. The fourth-order valence-corrected chi connectivity index (χ4v) is 4.59. The van der Waals surface area contributed by atoms with Gasteiger partial charge < -0.3 is 13.9 Å². The maximum absolute atomic E-state index is 6.27. The van der Waals surface area contributed by atoms with E-state index in [1.54, 1.807) is 0 Å². The lowest BCUT2D eigenvalue weighted by molar-refractivity contribution is 0.300. The number of nitrogens with zero attached hydrogens (tertiary/aromatic N) is 1. The molecule has 0 atom stereocenters. The topological polar surface area (TPSA) is 44.5 Å². The molecule has 0 amide bonds. The smallest absolute Gasteiger partial charge is 0.226 e. The summed E-state index contributed by atoms with van der Waals surface area (Å²) in [4.78, 5) is 4.82. The summed E-state index contributed by atoms with van der Waals surface area (Å²) in [6.45, 7) is 5.26. The Kier molecular flexibility index (Phi) is 8.75. The van der Waals surface area contributed by atoms with Gasteiger partial charge in [-0.2, -0.15) is 0 Å². The van der Waals surface area contributed by atoms with Gasteiger partial charge in [0.1, 0.15) is 23.9 Å². The number of ether oxygens (including phenoxy) is 2. The van der Waals surface area contributed by atoms with Crippen LogP contribution < -0.4 is 9.47 Å². The number of unbranched alkanes of at least 4 members (excludes halogenated alkanes) is 1. The first-order chi connectivity index (χ1) is 19.2. The summed E-state index contributed by atoms with van der Waals surface area (Å²) in [5.41, 5.74) is 6.55. The van der Waals surface area contributed by atoms with E-state index >= 15 is 0 Å². The van der Waals surface area contributed by atoms with Gasteiger partial charge in [-0.1, -0.05) is 86.1 Å². The van der Waals surface area contributed by atoms with Gasteiger partial charge in [0.25, 0.3) is 0 Å². The van der Waals surface area contributed by atoms with Gasteiger partial charge in [-0.3, -0.25) is 0 Å². The van der Waals surface area contributed by atoms with Crippen molar-refractivity contribution >= 4 is 0 Å². The number of hydrogen-bond donors (Lipinski definition) is 0. The molecule has 5 rings (SSSR count). The average molecular weight is 518 g/mol. The second-order valence-electron chi connectivity index (χ2n) is 9.71. The lowest BCUT2D eigenvalue weighted by Crippen LogP contribution is -2.05. The van der Waals surface area contributed by atoms with Gasteiger partial charge in [0, 0.05) is 12.0 Å². The largest absolute Gasteiger partial charge is 0.493 e. The summed E-state index contributed by atoms with van der Waals surface area (Å²) in [7, 11) is 0. The Labute approximate surface area is 231 Å². The molecular weight excluding hydrogens is 482 g/mol. The maximum Gasteiger partial charge on any atom is 0.226 e. The predicted octanol–water partition coefficient (Wildman–Crippen LogP) is 8.86. The Morgan fingerprint density at radius 2 is 1.46 bits per heavy atom. The zero-order chi connectivity index (χ0) is 26.9. The monoisotopic (exact) mass is 517 g/mol. The van der Waals surface area contributed by atoms with Crippen molar-refractivity contribution < 1.29 is 13.9 Å². The van der Waals surface area contributed by atoms with Crippen LogP contribution in [0.5, 0.6) is 11.5 Å². The molecule has 198 valence electrons. The molecule has 0 N–H and O–H groups in total. The van der Waals surface area contributed by atoms with Crippen LogP contribution in [0.1, 0.15) is 42.3 Å². The zero-order valence-corrected chi connectivity index (χ0v) is 22.7. The van der Waals surface area contributed by atoms with Crippen molar-refractivity contribution in [1.29, 1.82) is 0 Å². The molecule has 0 bridgehead atoms. The molecule has 0 fully saturated rings. The average Bonchev–Trinajstić information content (AvgIpc) is 3.37. The summed E-state index contributed by atoms with van der Waals surface area (Å²) in [5.74, 6) is 3.25. The molecular formula is C35H35NO3. The van der Waals surface area contributed by atoms with Gasteiger partial charge in [0.05, 0.1) is 12.3 Å². The van der Waals surface area contributed by atoms with Crippen LogP contribution in [-0.2, 0) is 19.4 Å². The molecule has 4 nitrogen and oxygen atoms in total. The molecule has 0 saturated carbocycles. The van der Waals surface area contributed by atoms with Crippen molar-refractivity contribution in [3.8, 4) is 34.1 Å². The van der Waals surface area contributed by atoms with E-state index in [9.17, 15) is 0 Å². The highest BCUT2D eigenvalue weighted by Gasteiger charge is 2.13. The molecule has 1 heterocycles. The predicted molar refractivity (Wildman–Crippen MR) is 157 cm³/mol. The second-order valence-corrected chi connectivity index (χ2v) is 9.71.